The number of pyridine rings is 1. The van der Waals surface area contributed by atoms with Crippen molar-refractivity contribution in [1.29, 1.82) is 0 Å². The van der Waals surface area contributed by atoms with Gasteiger partial charge in [0.05, 0.1) is 25.4 Å². The lowest BCUT2D eigenvalue weighted by atomic mass is 9.81. The lowest BCUT2D eigenvalue weighted by Crippen LogP contribution is -2.44. The van der Waals surface area contributed by atoms with Crippen molar-refractivity contribution in [3.8, 4) is 22.8 Å². The molecule has 2 amide bonds. The minimum absolute atomic E-state index is 0.0000920. The van der Waals surface area contributed by atoms with E-state index in [1.54, 1.807) is 12.1 Å². The monoisotopic (exact) mass is 621 g/mol. The van der Waals surface area contributed by atoms with Crippen LogP contribution in [0.3, 0.4) is 0 Å². The highest BCUT2D eigenvalue weighted by atomic mass is 19.2. The normalized spacial score (nSPS) is 20.4. The van der Waals surface area contributed by atoms with E-state index >= 15 is 4.39 Å². The predicted molar refractivity (Wildman–Crippen MR) is 155 cm³/mol. The molecule has 7 rings (SSSR count). The van der Waals surface area contributed by atoms with Crippen molar-refractivity contribution in [2.24, 2.45) is 11.7 Å². The summed E-state index contributed by atoms with van der Waals surface area (Å²) in [7, 11) is 1.49. The number of nitrogens with zero attached hydrogens (tertiary/aromatic N) is 3. The van der Waals surface area contributed by atoms with Gasteiger partial charge < -0.3 is 25.6 Å². The Hall–Kier alpha value is -4.65. The summed E-state index contributed by atoms with van der Waals surface area (Å²) in [5.74, 6) is -5.78. The fourth-order valence-electron chi connectivity index (χ4n) is 5.96. The van der Waals surface area contributed by atoms with E-state index in [1.165, 1.54) is 20.1 Å². The van der Waals surface area contributed by atoms with E-state index in [1.807, 2.05) is 10.9 Å². The number of hydrogen-bond acceptors (Lipinski definition) is 7. The quantitative estimate of drug-likeness (QED) is 0.240. The zero-order chi connectivity index (χ0) is 31.8. The van der Waals surface area contributed by atoms with E-state index in [4.69, 9.17) is 15.2 Å². The second-order valence-electron chi connectivity index (χ2n) is 12.3. The van der Waals surface area contributed by atoms with Crippen molar-refractivity contribution >= 4 is 22.7 Å². The number of amides is 2. The lowest BCUT2D eigenvalue weighted by Gasteiger charge is -2.30. The Balaban J connectivity index is 1.27. The fraction of sp³-hybridized carbons (Fsp3) is 0.375. The molecule has 10 nitrogen and oxygen atoms in total. The molecule has 0 bridgehead atoms. The van der Waals surface area contributed by atoms with E-state index in [-0.39, 0.29) is 47.3 Å². The van der Waals surface area contributed by atoms with Gasteiger partial charge in [-0.3, -0.25) is 14.3 Å². The molecule has 2 aromatic carbocycles. The van der Waals surface area contributed by atoms with Crippen LogP contribution in [0.1, 0.15) is 60.3 Å². The van der Waals surface area contributed by atoms with Crippen molar-refractivity contribution in [3.05, 3.63) is 70.8 Å². The van der Waals surface area contributed by atoms with Crippen LogP contribution in [0.4, 0.5) is 13.2 Å². The summed E-state index contributed by atoms with van der Waals surface area (Å²) in [6.07, 6.45) is 5.15. The number of carbonyl (C=O) groups excluding carboxylic acids is 2. The Morgan fingerprint density at radius 3 is 2.60 bits per heavy atom. The van der Waals surface area contributed by atoms with E-state index in [9.17, 15) is 23.5 Å². The first kappa shape index (κ1) is 29.1. The molecule has 0 spiro atoms. The Bertz CT molecular complexity index is 1910. The van der Waals surface area contributed by atoms with Gasteiger partial charge in [0, 0.05) is 28.3 Å². The molecule has 1 aliphatic heterocycles. The van der Waals surface area contributed by atoms with Gasteiger partial charge in [0.2, 0.25) is 5.91 Å². The third-order valence-electron chi connectivity index (χ3n) is 9.12. The van der Waals surface area contributed by atoms with Gasteiger partial charge in [-0.15, -0.1) is 0 Å². The number of benzene rings is 2. The topological polar surface area (TPSA) is 142 Å². The van der Waals surface area contributed by atoms with E-state index in [0.717, 1.165) is 30.4 Å². The molecule has 4 N–H and O–H groups in total. The molecule has 2 aromatic heterocycles. The van der Waals surface area contributed by atoms with Crippen LogP contribution in [-0.4, -0.2) is 51.9 Å². The molecule has 0 saturated heterocycles. The molecule has 4 aromatic rings. The van der Waals surface area contributed by atoms with Crippen LogP contribution in [0.5, 0.6) is 11.5 Å². The van der Waals surface area contributed by atoms with Gasteiger partial charge >= 0.3 is 0 Å². The zero-order valence-electron chi connectivity index (χ0n) is 24.5. The van der Waals surface area contributed by atoms with Crippen molar-refractivity contribution in [2.45, 2.75) is 49.7 Å². The number of hydrogen-bond donors (Lipinski definition) is 3. The van der Waals surface area contributed by atoms with Gasteiger partial charge in [-0.1, -0.05) is 0 Å². The number of halogens is 3. The number of primary amides is 1. The smallest absolute Gasteiger partial charge is 0.251 e. The molecule has 13 heteroatoms. The van der Waals surface area contributed by atoms with Gasteiger partial charge in [0.25, 0.3) is 5.91 Å². The fourth-order valence-corrected chi connectivity index (χ4v) is 5.96. The van der Waals surface area contributed by atoms with Gasteiger partial charge in [-0.2, -0.15) is 5.10 Å². The Morgan fingerprint density at radius 1 is 1.18 bits per heavy atom. The number of ether oxygens (including phenoxy) is 2. The molecule has 0 unspecified atom stereocenters. The minimum Gasteiger partial charge on any atom is -0.494 e. The summed E-state index contributed by atoms with van der Waals surface area (Å²) in [5, 5.41) is 20.3. The summed E-state index contributed by atoms with van der Waals surface area (Å²) < 4.78 is 56.4. The third-order valence-corrected chi connectivity index (χ3v) is 9.12. The molecular weight excluding hydrogens is 591 g/mol. The maximum absolute atomic E-state index is 15.1. The number of aromatic nitrogens is 3. The van der Waals surface area contributed by atoms with Gasteiger partial charge in [0.15, 0.2) is 17.5 Å². The molecule has 234 valence electrons. The molecule has 3 aliphatic rings. The van der Waals surface area contributed by atoms with Crippen molar-refractivity contribution in [1.82, 2.24) is 20.1 Å². The molecule has 0 radical (unpaired) electrons. The van der Waals surface area contributed by atoms with Gasteiger partial charge in [0.1, 0.15) is 40.3 Å². The molecule has 2 aliphatic carbocycles. The van der Waals surface area contributed by atoms with Gasteiger partial charge in [-0.05, 0) is 68.9 Å². The first-order chi connectivity index (χ1) is 21.4. The van der Waals surface area contributed by atoms with Crippen LogP contribution in [0.25, 0.3) is 22.2 Å². The van der Waals surface area contributed by atoms with Crippen LogP contribution in [0, 0.1) is 23.4 Å². The van der Waals surface area contributed by atoms with Crippen LogP contribution in [0.2, 0.25) is 0 Å². The molecule has 3 heterocycles. The van der Waals surface area contributed by atoms with E-state index in [2.05, 4.69) is 15.4 Å². The predicted octanol–water partition coefficient (Wildman–Crippen LogP) is 4.02. The average Bonchev–Trinajstić information content (AvgIpc) is 3.97. The highest BCUT2D eigenvalue weighted by Gasteiger charge is 2.50. The van der Waals surface area contributed by atoms with Crippen molar-refractivity contribution < 1.29 is 37.3 Å². The van der Waals surface area contributed by atoms with Crippen molar-refractivity contribution in [3.63, 3.8) is 0 Å². The largest absolute Gasteiger partial charge is 0.494 e. The number of aliphatic hydroxyl groups is 1. The maximum atomic E-state index is 15.1. The number of carbonyl (C=O) groups is 2. The number of nitrogens with one attached hydrogen (secondary N) is 1. The molecular formula is C32H30F3N5O5. The maximum Gasteiger partial charge on any atom is 0.251 e. The molecule has 2 atom stereocenters. The summed E-state index contributed by atoms with van der Waals surface area (Å²) in [4.78, 5) is 30.6. The molecule has 2 fully saturated rings. The first-order valence-corrected chi connectivity index (χ1v) is 14.6. The minimum atomic E-state index is -1.78. The first-order valence-electron chi connectivity index (χ1n) is 14.6. The number of methoxy groups -OCH3 is 1. The Morgan fingerprint density at radius 2 is 1.93 bits per heavy atom. The number of nitrogens with two attached hydrogens (primary N) is 1. The average molecular weight is 622 g/mol. The van der Waals surface area contributed by atoms with E-state index in [0.29, 0.717) is 30.1 Å². The van der Waals surface area contributed by atoms with E-state index < -0.39 is 45.8 Å². The summed E-state index contributed by atoms with van der Waals surface area (Å²) in [6, 6.07) is 6.83. The summed E-state index contributed by atoms with van der Waals surface area (Å²) >= 11 is 0. The van der Waals surface area contributed by atoms with Crippen LogP contribution >= 0.6 is 0 Å². The highest BCUT2D eigenvalue weighted by Crippen LogP contribution is 2.50. The Labute approximate surface area is 255 Å². The highest BCUT2D eigenvalue weighted by molar-refractivity contribution is 6.00. The summed E-state index contributed by atoms with van der Waals surface area (Å²) in [5.41, 5.74) is 3.05. The standard InChI is InChI=1S/C32H30F3N5O5/c1-31(30(36)42)14-45-28-20(31)11-23(38-27(28)19-7-8-21(33)25(35)24(19)34)32(43,17-3-4-17)13-37-29(41)15-9-16-12-40(18-5-6-18)39-26(16)22(10-15)44-2/h7-12,17-18,43H,3-6,13-14H2,1-2H3,(H2,36,42)(H,37,41)/t31-,32+/m0/s1. The summed E-state index contributed by atoms with van der Waals surface area (Å²) in [6.45, 7) is 1.03. The number of rotatable bonds is 9. The lowest BCUT2D eigenvalue weighted by molar-refractivity contribution is -0.123. The number of fused-ring (bicyclic) bond motifs is 2. The SMILES string of the molecule is COc1cc(C(=O)NC[C@](O)(c2cc3c(c(-c4ccc(F)c(F)c4F)n2)OC[C@]3(C)C(N)=O)C2CC2)cc2cn(C3CC3)nc12. The third kappa shape index (κ3) is 4.68. The Kier molecular flexibility index (Phi) is 6.59. The second kappa shape index (κ2) is 10.2. The second-order valence-corrected chi connectivity index (χ2v) is 12.3. The van der Waals surface area contributed by atoms with Crippen LogP contribution < -0.4 is 20.5 Å². The molecule has 2 saturated carbocycles. The van der Waals surface area contributed by atoms with Crippen LogP contribution in [0.15, 0.2) is 36.5 Å². The van der Waals surface area contributed by atoms with Crippen molar-refractivity contribution in [2.75, 3.05) is 20.3 Å². The molecule has 45 heavy (non-hydrogen) atoms. The van der Waals surface area contributed by atoms with Gasteiger partial charge in [-0.25, -0.2) is 18.2 Å². The van der Waals surface area contributed by atoms with Crippen LogP contribution in [-0.2, 0) is 15.8 Å². The zero-order valence-corrected chi connectivity index (χ0v) is 24.5.